The zero-order valence-electron chi connectivity index (χ0n) is 12.3. The average Bonchev–Trinajstić information content (AvgIpc) is 2.55. The van der Waals surface area contributed by atoms with Gasteiger partial charge in [-0.05, 0) is 29.8 Å². The molecule has 4 nitrogen and oxygen atoms in total. The summed E-state index contributed by atoms with van der Waals surface area (Å²) >= 11 is 5.74. The molecule has 1 unspecified atom stereocenters. The van der Waals surface area contributed by atoms with Crippen LogP contribution in [0.4, 0.5) is 0 Å². The van der Waals surface area contributed by atoms with Crippen LogP contribution in [0.5, 0.6) is 0 Å². The monoisotopic (exact) mass is 349 g/mol. The van der Waals surface area contributed by atoms with Crippen LogP contribution in [0.1, 0.15) is 15.9 Å². The molecule has 0 bridgehead atoms. The van der Waals surface area contributed by atoms with Crippen molar-refractivity contribution in [3.05, 3.63) is 70.7 Å². The summed E-state index contributed by atoms with van der Waals surface area (Å²) in [6.45, 7) is 0.192. The first-order valence-electron chi connectivity index (χ1n) is 7.03. The third-order valence-corrected chi connectivity index (χ3v) is 4.67. The fraction of sp³-hybridized carbons (Fsp3) is 0.176. The molecule has 1 amide bonds. The average molecular weight is 350 g/mol. The number of ketones is 1. The van der Waals surface area contributed by atoms with Gasteiger partial charge in [-0.3, -0.25) is 13.8 Å². The van der Waals surface area contributed by atoms with Crippen molar-refractivity contribution in [1.29, 1.82) is 0 Å². The molecular formula is C17H16ClNO3S. The Labute approximate surface area is 142 Å². The number of hydrogen-bond acceptors (Lipinski definition) is 3. The summed E-state index contributed by atoms with van der Waals surface area (Å²) in [5, 5.41) is 3.00. The molecule has 0 saturated carbocycles. The van der Waals surface area contributed by atoms with Gasteiger partial charge in [0.2, 0.25) is 5.78 Å². The zero-order valence-corrected chi connectivity index (χ0v) is 13.9. The van der Waals surface area contributed by atoms with E-state index in [9.17, 15) is 13.8 Å². The van der Waals surface area contributed by atoms with E-state index in [2.05, 4.69) is 5.32 Å². The third kappa shape index (κ3) is 5.62. The molecule has 0 heterocycles. The van der Waals surface area contributed by atoms with Crippen LogP contribution in [0.25, 0.3) is 0 Å². The summed E-state index contributed by atoms with van der Waals surface area (Å²) in [6.07, 6.45) is 0. The first-order valence-corrected chi connectivity index (χ1v) is 8.90. The standard InChI is InChI=1S/C17H16ClNO3S/c18-15-8-6-14(7-9-15)16(20)17(21)19-10-11-23(22)12-13-4-2-1-3-5-13/h1-9H,10-12H2,(H,19,21). The Kier molecular flexibility index (Phi) is 6.50. The molecule has 0 aliphatic rings. The molecule has 1 atom stereocenters. The van der Waals surface area contributed by atoms with Crippen LogP contribution in [0.2, 0.25) is 5.02 Å². The number of nitrogens with one attached hydrogen (secondary N) is 1. The molecule has 0 saturated heterocycles. The van der Waals surface area contributed by atoms with Crippen LogP contribution >= 0.6 is 11.6 Å². The van der Waals surface area contributed by atoms with Gasteiger partial charge in [-0.25, -0.2) is 0 Å². The summed E-state index contributed by atoms with van der Waals surface area (Å²) in [6, 6.07) is 15.6. The van der Waals surface area contributed by atoms with E-state index in [1.54, 1.807) is 12.1 Å². The second kappa shape index (κ2) is 8.60. The second-order valence-electron chi connectivity index (χ2n) is 4.87. The number of Topliss-reactive ketones (excluding diaryl/α,β-unsaturated/α-hetero) is 1. The van der Waals surface area contributed by atoms with Crippen molar-refractivity contribution in [2.24, 2.45) is 0 Å². The Morgan fingerprint density at radius 2 is 1.65 bits per heavy atom. The maximum Gasteiger partial charge on any atom is 0.292 e. The molecular weight excluding hydrogens is 334 g/mol. The summed E-state index contributed by atoms with van der Waals surface area (Å²) in [5.74, 6) is -0.601. The number of carbonyl (C=O) groups excluding carboxylic acids is 2. The van der Waals surface area contributed by atoms with Gasteiger partial charge in [0, 0.05) is 39.4 Å². The zero-order chi connectivity index (χ0) is 16.7. The Balaban J connectivity index is 1.77. The molecule has 2 aromatic carbocycles. The van der Waals surface area contributed by atoms with E-state index in [0.717, 1.165) is 5.56 Å². The van der Waals surface area contributed by atoms with E-state index in [1.807, 2.05) is 30.3 Å². The lowest BCUT2D eigenvalue weighted by atomic mass is 10.1. The lowest BCUT2D eigenvalue weighted by molar-refractivity contribution is -0.116. The number of rotatable bonds is 7. The SMILES string of the molecule is O=C(NCCS(=O)Cc1ccccc1)C(=O)c1ccc(Cl)cc1. The summed E-state index contributed by atoms with van der Waals surface area (Å²) in [7, 11) is -1.09. The lowest BCUT2D eigenvalue weighted by Gasteiger charge is -2.05. The van der Waals surface area contributed by atoms with Gasteiger partial charge in [0.1, 0.15) is 0 Å². The minimum Gasteiger partial charge on any atom is -0.348 e. The van der Waals surface area contributed by atoms with Crippen LogP contribution in [0.15, 0.2) is 54.6 Å². The Morgan fingerprint density at radius 1 is 1.00 bits per heavy atom. The van der Waals surface area contributed by atoms with E-state index in [4.69, 9.17) is 11.6 Å². The van der Waals surface area contributed by atoms with E-state index in [-0.39, 0.29) is 12.1 Å². The predicted octanol–water partition coefficient (Wildman–Crippen LogP) is 2.59. The van der Waals surface area contributed by atoms with Gasteiger partial charge in [0.15, 0.2) is 0 Å². The molecule has 2 rings (SSSR count). The number of hydrogen-bond donors (Lipinski definition) is 1. The molecule has 2 aromatic rings. The molecule has 23 heavy (non-hydrogen) atoms. The smallest absolute Gasteiger partial charge is 0.292 e. The Morgan fingerprint density at radius 3 is 2.30 bits per heavy atom. The summed E-state index contributed by atoms with van der Waals surface area (Å²) in [5.41, 5.74) is 1.26. The maximum absolute atomic E-state index is 11.9. The highest BCUT2D eigenvalue weighted by Crippen LogP contribution is 2.10. The van der Waals surface area contributed by atoms with Crippen molar-refractivity contribution in [2.45, 2.75) is 5.75 Å². The normalized spacial score (nSPS) is 11.7. The van der Waals surface area contributed by atoms with Gasteiger partial charge >= 0.3 is 0 Å². The van der Waals surface area contributed by atoms with Crippen molar-refractivity contribution >= 4 is 34.1 Å². The number of carbonyl (C=O) groups is 2. The van der Waals surface area contributed by atoms with Crippen LogP contribution < -0.4 is 5.32 Å². The Bertz CT molecular complexity index is 702. The molecule has 120 valence electrons. The number of amides is 1. The first-order chi connectivity index (χ1) is 11.1. The number of halogens is 1. The summed E-state index contributed by atoms with van der Waals surface area (Å²) < 4.78 is 11.9. The highest BCUT2D eigenvalue weighted by Gasteiger charge is 2.15. The van der Waals surface area contributed by atoms with Crippen molar-refractivity contribution in [3.8, 4) is 0 Å². The minimum absolute atomic E-state index is 0.192. The fourth-order valence-corrected chi connectivity index (χ4v) is 3.09. The van der Waals surface area contributed by atoms with Gasteiger partial charge in [-0.2, -0.15) is 0 Å². The number of benzene rings is 2. The quantitative estimate of drug-likeness (QED) is 0.617. The van der Waals surface area contributed by atoms with Crippen LogP contribution in [-0.2, 0) is 21.3 Å². The highest BCUT2D eigenvalue weighted by molar-refractivity contribution is 7.84. The first kappa shape index (κ1) is 17.4. The fourth-order valence-electron chi connectivity index (χ4n) is 1.92. The maximum atomic E-state index is 11.9. The van der Waals surface area contributed by atoms with E-state index in [0.29, 0.717) is 16.5 Å². The highest BCUT2D eigenvalue weighted by atomic mass is 35.5. The molecule has 0 spiro atoms. The van der Waals surface area contributed by atoms with E-state index < -0.39 is 22.5 Å². The summed E-state index contributed by atoms with van der Waals surface area (Å²) in [4.78, 5) is 23.7. The third-order valence-electron chi connectivity index (χ3n) is 3.10. The molecule has 6 heteroatoms. The molecule has 0 aromatic heterocycles. The largest absolute Gasteiger partial charge is 0.348 e. The van der Waals surface area contributed by atoms with Crippen molar-refractivity contribution in [3.63, 3.8) is 0 Å². The van der Waals surface area contributed by atoms with Crippen molar-refractivity contribution < 1.29 is 13.8 Å². The van der Waals surface area contributed by atoms with Crippen LogP contribution in [0.3, 0.4) is 0 Å². The predicted molar refractivity (Wildman–Crippen MR) is 91.9 cm³/mol. The van der Waals surface area contributed by atoms with E-state index in [1.165, 1.54) is 12.1 Å². The minimum atomic E-state index is -1.09. The Hall–Kier alpha value is -1.98. The lowest BCUT2D eigenvalue weighted by Crippen LogP contribution is -2.33. The van der Waals surface area contributed by atoms with Gasteiger partial charge in [-0.1, -0.05) is 41.9 Å². The topological polar surface area (TPSA) is 63.2 Å². The molecule has 0 fully saturated rings. The van der Waals surface area contributed by atoms with Gasteiger partial charge in [0.25, 0.3) is 5.91 Å². The molecule has 0 aliphatic heterocycles. The molecule has 0 aliphatic carbocycles. The van der Waals surface area contributed by atoms with Crippen molar-refractivity contribution in [1.82, 2.24) is 5.32 Å². The van der Waals surface area contributed by atoms with E-state index >= 15 is 0 Å². The van der Waals surface area contributed by atoms with Gasteiger partial charge in [0.05, 0.1) is 0 Å². The van der Waals surface area contributed by atoms with Crippen molar-refractivity contribution in [2.75, 3.05) is 12.3 Å². The van der Waals surface area contributed by atoms with Crippen LogP contribution in [0, 0.1) is 0 Å². The second-order valence-corrected chi connectivity index (χ2v) is 6.88. The molecule has 0 radical (unpaired) electrons. The van der Waals surface area contributed by atoms with Crippen LogP contribution in [-0.4, -0.2) is 28.2 Å². The van der Waals surface area contributed by atoms with Gasteiger partial charge in [-0.15, -0.1) is 0 Å². The van der Waals surface area contributed by atoms with Gasteiger partial charge < -0.3 is 5.32 Å². The molecule has 1 N–H and O–H groups in total.